The van der Waals surface area contributed by atoms with E-state index in [0.29, 0.717) is 33.4 Å². The zero-order valence-electron chi connectivity index (χ0n) is 15.7. The van der Waals surface area contributed by atoms with Crippen LogP contribution in [0.2, 0.25) is 5.02 Å². The van der Waals surface area contributed by atoms with Gasteiger partial charge in [-0.15, -0.1) is 10.2 Å². The molecule has 1 N–H and O–H groups in total. The van der Waals surface area contributed by atoms with Crippen LogP contribution in [-0.4, -0.2) is 22.3 Å². The number of ether oxygens (including phenoxy) is 1. The van der Waals surface area contributed by atoms with Gasteiger partial charge in [-0.25, -0.2) is 8.78 Å². The Hall–Kier alpha value is -3.52. The van der Waals surface area contributed by atoms with E-state index in [4.69, 9.17) is 16.3 Å². The summed E-state index contributed by atoms with van der Waals surface area (Å²) in [7, 11) is 1.48. The number of fused-ring (bicyclic) bond motifs is 1. The second-order valence-corrected chi connectivity index (χ2v) is 6.88. The summed E-state index contributed by atoms with van der Waals surface area (Å²) in [6, 6.07) is 14.2. The monoisotopic (exact) mass is 428 g/mol. The summed E-state index contributed by atoms with van der Waals surface area (Å²) in [6.07, 6.45) is 0. The van der Waals surface area contributed by atoms with Crippen molar-refractivity contribution in [2.45, 2.75) is 6.54 Å². The lowest BCUT2D eigenvalue weighted by Crippen LogP contribution is -2.20. The molecule has 6 nitrogen and oxygen atoms in total. The van der Waals surface area contributed by atoms with E-state index in [-0.39, 0.29) is 12.1 Å². The number of nitrogens with one attached hydrogen (secondary N) is 1. The van der Waals surface area contributed by atoms with E-state index in [1.165, 1.54) is 19.2 Å². The van der Waals surface area contributed by atoms with Crippen LogP contribution in [0.3, 0.4) is 0 Å². The fraction of sp³-hybridized carbons (Fsp3) is 0.0952. The van der Waals surface area contributed by atoms with Crippen LogP contribution in [0.4, 0.5) is 20.3 Å². The molecular formula is C21H15ClF2N4O2. The normalized spacial score (nSPS) is 10.9. The predicted octanol–water partition coefficient (Wildman–Crippen LogP) is 4.60. The van der Waals surface area contributed by atoms with Gasteiger partial charge >= 0.3 is 0 Å². The number of rotatable bonds is 5. The summed E-state index contributed by atoms with van der Waals surface area (Å²) in [4.78, 5) is 16.3. The lowest BCUT2D eigenvalue weighted by atomic mass is 10.1. The molecule has 4 rings (SSSR count). The van der Waals surface area contributed by atoms with Crippen molar-refractivity contribution in [2.24, 2.45) is 0 Å². The van der Waals surface area contributed by atoms with Gasteiger partial charge in [-0.05, 0) is 42.0 Å². The zero-order valence-corrected chi connectivity index (χ0v) is 16.5. The number of aromatic amines is 1. The minimum Gasteiger partial charge on any atom is -0.480 e. The Balaban J connectivity index is 1.86. The van der Waals surface area contributed by atoms with E-state index in [0.717, 1.165) is 6.07 Å². The molecule has 0 bridgehead atoms. The van der Waals surface area contributed by atoms with E-state index in [1.807, 2.05) is 6.07 Å². The third-order valence-corrected chi connectivity index (χ3v) is 4.79. The quantitative estimate of drug-likeness (QED) is 0.503. The maximum atomic E-state index is 14.3. The molecule has 9 heteroatoms. The first-order valence-electron chi connectivity index (χ1n) is 8.87. The highest BCUT2D eigenvalue weighted by Crippen LogP contribution is 2.30. The Labute approximate surface area is 174 Å². The molecule has 0 aliphatic carbocycles. The number of pyridine rings is 1. The Morgan fingerprint density at radius 1 is 1.10 bits per heavy atom. The van der Waals surface area contributed by atoms with E-state index in [2.05, 4.69) is 15.2 Å². The first-order valence-corrected chi connectivity index (χ1v) is 9.25. The molecule has 0 saturated carbocycles. The van der Waals surface area contributed by atoms with Crippen molar-refractivity contribution in [3.05, 3.63) is 87.2 Å². The van der Waals surface area contributed by atoms with Crippen molar-refractivity contribution in [2.75, 3.05) is 12.0 Å². The van der Waals surface area contributed by atoms with E-state index >= 15 is 0 Å². The van der Waals surface area contributed by atoms with Gasteiger partial charge in [-0.1, -0.05) is 17.7 Å². The molecule has 152 valence electrons. The number of nitrogens with zero attached hydrogens (tertiary/aromatic N) is 3. The van der Waals surface area contributed by atoms with Gasteiger partial charge < -0.3 is 14.6 Å². The molecule has 0 amide bonds. The van der Waals surface area contributed by atoms with Gasteiger partial charge in [-0.2, -0.15) is 0 Å². The number of aromatic nitrogens is 3. The predicted molar refractivity (Wildman–Crippen MR) is 110 cm³/mol. The van der Waals surface area contributed by atoms with Crippen LogP contribution in [0.5, 0.6) is 5.88 Å². The van der Waals surface area contributed by atoms with Gasteiger partial charge in [-0.3, -0.25) is 4.79 Å². The number of anilines is 2. The fourth-order valence-corrected chi connectivity index (χ4v) is 3.34. The highest BCUT2D eigenvalue weighted by Gasteiger charge is 2.17. The second kappa shape index (κ2) is 8.08. The van der Waals surface area contributed by atoms with Gasteiger partial charge in [0.15, 0.2) is 17.5 Å². The average Bonchev–Trinajstić information content (AvgIpc) is 2.75. The molecule has 0 fully saturated rings. The van der Waals surface area contributed by atoms with Gasteiger partial charge in [0.1, 0.15) is 0 Å². The van der Waals surface area contributed by atoms with Crippen molar-refractivity contribution in [1.29, 1.82) is 0 Å². The Morgan fingerprint density at radius 3 is 2.63 bits per heavy atom. The second-order valence-electron chi connectivity index (χ2n) is 6.44. The summed E-state index contributed by atoms with van der Waals surface area (Å²) in [5.74, 6) is -1.36. The summed E-state index contributed by atoms with van der Waals surface area (Å²) in [5, 5.41) is 9.04. The van der Waals surface area contributed by atoms with Crippen LogP contribution >= 0.6 is 11.6 Å². The molecule has 0 aliphatic heterocycles. The van der Waals surface area contributed by atoms with E-state index < -0.39 is 17.2 Å². The van der Waals surface area contributed by atoms with Gasteiger partial charge in [0.25, 0.3) is 0 Å². The molecule has 2 aromatic heterocycles. The first-order chi connectivity index (χ1) is 14.5. The number of halogens is 3. The van der Waals surface area contributed by atoms with Crippen molar-refractivity contribution in [1.82, 2.24) is 15.2 Å². The Kier molecular flexibility index (Phi) is 5.33. The SMILES string of the molecule is COc1ccc(N(Cc2cc(=O)[nH]c3c(F)c(F)ccc23)c2cccc(Cl)c2)nn1. The third kappa shape index (κ3) is 3.81. The first kappa shape index (κ1) is 19.8. The number of H-pyrrole nitrogens is 1. The Morgan fingerprint density at radius 2 is 1.93 bits per heavy atom. The largest absolute Gasteiger partial charge is 0.480 e. The van der Waals surface area contributed by atoms with E-state index in [9.17, 15) is 13.6 Å². The zero-order chi connectivity index (χ0) is 21.3. The summed E-state index contributed by atoms with van der Waals surface area (Å²) < 4.78 is 33.0. The standard InChI is InChI=1S/C21H15ClF2N4O2/c1-30-19-8-7-17(26-27-19)28(14-4-2-3-13(22)10-14)11-12-9-18(29)25-21-15(12)5-6-16(23)20(21)24/h2-10H,11H2,1H3,(H,25,29). The van der Waals surface area contributed by atoms with Crippen molar-refractivity contribution < 1.29 is 13.5 Å². The molecular weight excluding hydrogens is 414 g/mol. The highest BCUT2D eigenvalue weighted by atomic mass is 35.5. The van der Waals surface area contributed by atoms with Gasteiger partial charge in [0.05, 0.1) is 19.2 Å². The van der Waals surface area contributed by atoms with E-state index in [1.54, 1.807) is 35.2 Å². The van der Waals surface area contributed by atoms with Gasteiger partial charge in [0, 0.05) is 28.2 Å². The van der Waals surface area contributed by atoms with Crippen molar-refractivity contribution in [3.8, 4) is 5.88 Å². The number of hydrogen-bond donors (Lipinski definition) is 1. The van der Waals surface area contributed by atoms with Gasteiger partial charge in [0.2, 0.25) is 11.4 Å². The fourth-order valence-electron chi connectivity index (χ4n) is 3.15. The summed E-state index contributed by atoms with van der Waals surface area (Å²) in [6.45, 7) is 0.132. The summed E-state index contributed by atoms with van der Waals surface area (Å²) >= 11 is 6.16. The molecule has 0 aliphatic rings. The minimum absolute atomic E-state index is 0.132. The molecule has 0 radical (unpaired) electrons. The van der Waals surface area contributed by atoms with Crippen LogP contribution in [0.15, 0.2) is 59.4 Å². The number of methoxy groups -OCH3 is 1. The summed E-state index contributed by atoms with van der Waals surface area (Å²) in [5.41, 5.74) is 0.418. The van der Waals surface area contributed by atoms with Crippen molar-refractivity contribution >= 4 is 34.0 Å². The van der Waals surface area contributed by atoms with Crippen LogP contribution in [-0.2, 0) is 6.54 Å². The Bertz CT molecular complexity index is 1280. The molecule has 0 unspecified atom stereocenters. The maximum absolute atomic E-state index is 14.3. The van der Waals surface area contributed by atoms with Crippen LogP contribution < -0.4 is 15.2 Å². The molecule has 0 saturated heterocycles. The number of hydrogen-bond acceptors (Lipinski definition) is 5. The molecule has 4 aromatic rings. The topological polar surface area (TPSA) is 71.1 Å². The van der Waals surface area contributed by atoms with Crippen LogP contribution in [0, 0.1) is 11.6 Å². The molecule has 2 heterocycles. The van der Waals surface area contributed by atoms with Crippen LogP contribution in [0.25, 0.3) is 10.9 Å². The smallest absolute Gasteiger partial charge is 0.248 e. The van der Waals surface area contributed by atoms with Crippen molar-refractivity contribution in [3.63, 3.8) is 0 Å². The minimum atomic E-state index is -1.11. The lowest BCUT2D eigenvalue weighted by Gasteiger charge is -2.24. The molecule has 30 heavy (non-hydrogen) atoms. The molecule has 0 spiro atoms. The van der Waals surface area contributed by atoms with Crippen LogP contribution in [0.1, 0.15) is 5.56 Å². The highest BCUT2D eigenvalue weighted by molar-refractivity contribution is 6.30. The average molecular weight is 429 g/mol. The molecule has 2 aromatic carbocycles. The lowest BCUT2D eigenvalue weighted by molar-refractivity contribution is 0.392. The molecule has 0 atom stereocenters. The number of benzene rings is 2. The maximum Gasteiger partial charge on any atom is 0.248 e. The third-order valence-electron chi connectivity index (χ3n) is 4.55.